The lowest BCUT2D eigenvalue weighted by Crippen LogP contribution is -2.44. The van der Waals surface area contributed by atoms with E-state index in [0.717, 1.165) is 4.90 Å². The number of nitrogens with zero attached hydrogens (tertiary/aromatic N) is 2. The van der Waals surface area contributed by atoms with E-state index in [0.29, 0.717) is 6.42 Å². The molecule has 238 valence electrons. The number of hydrogen-bond donors (Lipinski definition) is 3. The molecule has 0 aromatic carbocycles. The smallest absolute Gasteiger partial charge is 0.411 e. The first-order valence-corrected chi connectivity index (χ1v) is 14.1. The molecule has 0 unspecified atom stereocenters. The Balaban J connectivity index is 0.000000330. The Morgan fingerprint density at radius 1 is 0.881 bits per heavy atom. The van der Waals surface area contributed by atoms with Crippen molar-refractivity contribution in [3.63, 3.8) is 0 Å². The molecule has 1 saturated carbocycles. The van der Waals surface area contributed by atoms with Gasteiger partial charge in [0.05, 0.1) is 43.4 Å². The number of esters is 1. The zero-order chi connectivity index (χ0) is 32.2. The normalized spacial score (nSPS) is 28.7. The van der Waals surface area contributed by atoms with Crippen molar-refractivity contribution in [1.29, 1.82) is 0 Å². The summed E-state index contributed by atoms with van der Waals surface area (Å²) in [4.78, 5) is 62.5. The van der Waals surface area contributed by atoms with Gasteiger partial charge in [0.2, 0.25) is 0 Å². The standard InChI is InChI=1S/C19H29NO6.C10H17NO5/c1-6-12-9-19(12,16(23)25-7-2)10-15(22)14-8-13(21)11-20(14)17(24)26-18(3,4)5;1-10(2,3)16-9(15)11-5-6(12)4-7(11)8(13)14/h6,12-14,21H,1,7-11H2,2-5H3;6-7,12H,4-5H2,1-3H3,(H,13,14)/t12-,13-,14+,19-;6-,7+/m11/s1. The van der Waals surface area contributed by atoms with Crippen LogP contribution in [0.1, 0.15) is 74.1 Å². The molecule has 13 nitrogen and oxygen atoms in total. The molecule has 3 fully saturated rings. The molecule has 3 rings (SSSR count). The Morgan fingerprint density at radius 2 is 1.33 bits per heavy atom. The Hall–Kier alpha value is -3.19. The van der Waals surface area contributed by atoms with Crippen molar-refractivity contribution < 1.29 is 53.5 Å². The molecule has 0 aromatic rings. The first-order valence-electron chi connectivity index (χ1n) is 14.1. The third kappa shape index (κ3) is 9.15. The molecule has 0 spiro atoms. The quantitative estimate of drug-likeness (QED) is 0.223. The number of carbonyl (C=O) groups excluding carboxylic acids is 4. The van der Waals surface area contributed by atoms with Gasteiger partial charge < -0.3 is 29.5 Å². The van der Waals surface area contributed by atoms with E-state index in [4.69, 9.17) is 19.3 Å². The SMILES string of the molecule is C=C[C@@H]1C[C@]1(CC(=O)[C@@H]1C[C@@H](O)CN1C(=O)OC(C)(C)C)C(=O)OCC.CC(C)(C)OC(=O)N1C[C@H](O)C[C@H]1C(=O)O. The van der Waals surface area contributed by atoms with Gasteiger partial charge in [-0.1, -0.05) is 6.08 Å². The van der Waals surface area contributed by atoms with Gasteiger partial charge in [0.25, 0.3) is 0 Å². The summed E-state index contributed by atoms with van der Waals surface area (Å²) in [6, 6.07) is -1.79. The monoisotopic (exact) mass is 598 g/mol. The van der Waals surface area contributed by atoms with E-state index >= 15 is 0 Å². The molecule has 3 N–H and O–H groups in total. The van der Waals surface area contributed by atoms with Gasteiger partial charge in [-0.3, -0.25) is 19.4 Å². The van der Waals surface area contributed by atoms with Crippen LogP contribution in [-0.4, -0.2) is 110 Å². The lowest BCUT2D eigenvalue weighted by molar-refractivity contribution is -0.152. The van der Waals surface area contributed by atoms with Crippen LogP contribution in [0.5, 0.6) is 0 Å². The fraction of sp³-hybridized carbons (Fsp3) is 0.759. The van der Waals surface area contributed by atoms with E-state index in [1.165, 1.54) is 4.90 Å². The molecular weight excluding hydrogens is 552 g/mol. The predicted molar refractivity (Wildman–Crippen MR) is 149 cm³/mol. The summed E-state index contributed by atoms with van der Waals surface area (Å²) in [7, 11) is 0. The topological polar surface area (TPSA) is 180 Å². The number of Topliss-reactive ketones (excluding diaryl/α,β-unsaturated/α-hetero) is 1. The highest BCUT2D eigenvalue weighted by molar-refractivity contribution is 5.94. The van der Waals surface area contributed by atoms with Gasteiger partial charge in [-0.25, -0.2) is 14.4 Å². The number of carboxylic acid groups (broad SMARTS) is 1. The Bertz CT molecular complexity index is 1050. The third-order valence-electron chi connectivity index (χ3n) is 7.06. The number of likely N-dealkylation sites (tertiary alicyclic amines) is 2. The van der Waals surface area contributed by atoms with Crippen LogP contribution < -0.4 is 0 Å². The van der Waals surface area contributed by atoms with E-state index in [1.54, 1.807) is 54.5 Å². The summed E-state index contributed by atoms with van der Waals surface area (Å²) in [6.07, 6.45) is -0.561. The number of amides is 2. The van der Waals surface area contributed by atoms with E-state index < -0.39 is 65.0 Å². The lowest BCUT2D eigenvalue weighted by Gasteiger charge is -2.28. The number of β-amino-alcohol motifs (C(OH)–C–C–N with tert-alkyl or cyclic N) is 2. The Labute approximate surface area is 246 Å². The number of hydrogen-bond acceptors (Lipinski definition) is 10. The van der Waals surface area contributed by atoms with Crippen molar-refractivity contribution in [1.82, 2.24) is 9.80 Å². The van der Waals surface area contributed by atoms with E-state index in [9.17, 15) is 34.2 Å². The van der Waals surface area contributed by atoms with Crippen LogP contribution >= 0.6 is 0 Å². The average molecular weight is 599 g/mol. The number of ketones is 1. The van der Waals surface area contributed by atoms with Gasteiger partial charge in [-0.2, -0.15) is 0 Å². The van der Waals surface area contributed by atoms with Crippen molar-refractivity contribution in [3.05, 3.63) is 12.7 Å². The molecule has 0 bridgehead atoms. The summed E-state index contributed by atoms with van der Waals surface area (Å²) in [6.45, 7) is 16.0. The van der Waals surface area contributed by atoms with Gasteiger partial charge in [-0.15, -0.1) is 6.58 Å². The van der Waals surface area contributed by atoms with Crippen LogP contribution in [-0.2, 0) is 28.6 Å². The van der Waals surface area contributed by atoms with Gasteiger partial charge in [-0.05, 0) is 60.8 Å². The third-order valence-corrected chi connectivity index (χ3v) is 7.06. The fourth-order valence-electron chi connectivity index (χ4n) is 5.07. The van der Waals surface area contributed by atoms with Crippen LogP contribution in [0.3, 0.4) is 0 Å². The van der Waals surface area contributed by atoms with Gasteiger partial charge >= 0.3 is 24.1 Å². The van der Waals surface area contributed by atoms with Crippen molar-refractivity contribution in [2.75, 3.05) is 19.7 Å². The summed E-state index contributed by atoms with van der Waals surface area (Å²) in [5, 5.41) is 28.2. The summed E-state index contributed by atoms with van der Waals surface area (Å²) < 4.78 is 15.5. The molecule has 0 aromatic heterocycles. The van der Waals surface area contributed by atoms with Crippen molar-refractivity contribution in [2.24, 2.45) is 11.3 Å². The van der Waals surface area contributed by atoms with Crippen molar-refractivity contribution in [3.8, 4) is 0 Å². The number of aliphatic hydroxyl groups excluding tert-OH is 2. The highest BCUT2D eigenvalue weighted by Crippen LogP contribution is 2.57. The minimum Gasteiger partial charge on any atom is -0.480 e. The van der Waals surface area contributed by atoms with Gasteiger partial charge in [0.15, 0.2) is 5.78 Å². The molecule has 2 saturated heterocycles. The molecule has 42 heavy (non-hydrogen) atoms. The first kappa shape index (κ1) is 35.0. The van der Waals surface area contributed by atoms with E-state index in [1.807, 2.05) is 0 Å². The average Bonchev–Trinajstić information content (AvgIpc) is 3.17. The fourth-order valence-corrected chi connectivity index (χ4v) is 5.07. The number of aliphatic hydroxyl groups is 2. The van der Waals surface area contributed by atoms with Crippen LogP contribution in [0, 0.1) is 11.3 Å². The molecule has 0 radical (unpaired) electrons. The van der Waals surface area contributed by atoms with Crippen molar-refractivity contribution >= 4 is 29.9 Å². The van der Waals surface area contributed by atoms with Crippen molar-refractivity contribution in [2.45, 2.75) is 110 Å². The Kier molecular flexibility index (Phi) is 11.2. The van der Waals surface area contributed by atoms with E-state index in [-0.39, 0.29) is 50.7 Å². The van der Waals surface area contributed by atoms with Crippen LogP contribution in [0.4, 0.5) is 9.59 Å². The number of rotatable bonds is 7. The van der Waals surface area contributed by atoms with Crippen LogP contribution in [0.25, 0.3) is 0 Å². The number of carbonyl (C=O) groups is 5. The molecule has 6 atom stereocenters. The number of allylic oxidation sites excluding steroid dienone is 1. The number of aliphatic carboxylic acids is 1. The summed E-state index contributed by atoms with van der Waals surface area (Å²) >= 11 is 0. The maximum atomic E-state index is 12.9. The maximum Gasteiger partial charge on any atom is 0.411 e. The van der Waals surface area contributed by atoms with Crippen LogP contribution in [0.15, 0.2) is 12.7 Å². The largest absolute Gasteiger partial charge is 0.480 e. The second-order valence-corrected chi connectivity index (χ2v) is 13.0. The molecular formula is C29H46N2O11. The summed E-state index contributed by atoms with van der Waals surface area (Å²) in [5.41, 5.74) is -2.26. The van der Waals surface area contributed by atoms with Gasteiger partial charge in [0.1, 0.15) is 17.2 Å². The van der Waals surface area contributed by atoms with Crippen LogP contribution in [0.2, 0.25) is 0 Å². The molecule has 2 amide bonds. The minimum atomic E-state index is -1.12. The zero-order valence-corrected chi connectivity index (χ0v) is 25.6. The molecule has 1 aliphatic carbocycles. The maximum absolute atomic E-state index is 12.9. The minimum absolute atomic E-state index is 0.00583. The Morgan fingerprint density at radius 3 is 1.71 bits per heavy atom. The van der Waals surface area contributed by atoms with E-state index in [2.05, 4.69) is 6.58 Å². The lowest BCUT2D eigenvalue weighted by atomic mass is 9.92. The number of carboxylic acids is 1. The highest BCUT2D eigenvalue weighted by Gasteiger charge is 2.61. The molecule has 2 heterocycles. The highest BCUT2D eigenvalue weighted by atomic mass is 16.6. The first-order chi connectivity index (χ1) is 19.2. The second kappa shape index (κ2) is 13.4. The second-order valence-electron chi connectivity index (χ2n) is 13.0. The predicted octanol–water partition coefficient (Wildman–Crippen LogP) is 2.51. The number of ether oxygens (including phenoxy) is 3. The summed E-state index contributed by atoms with van der Waals surface area (Å²) in [5.74, 6) is -1.89. The molecule has 3 aliphatic rings. The zero-order valence-electron chi connectivity index (χ0n) is 25.6. The molecule has 13 heteroatoms. The molecule has 2 aliphatic heterocycles. The van der Waals surface area contributed by atoms with Gasteiger partial charge in [0, 0.05) is 19.3 Å².